The van der Waals surface area contributed by atoms with Gasteiger partial charge in [0.05, 0.1) is 17.1 Å². The molecule has 0 aliphatic rings. The van der Waals surface area contributed by atoms with E-state index in [0.717, 1.165) is 23.8 Å². The molecule has 0 aliphatic heterocycles. The van der Waals surface area contributed by atoms with Crippen LogP contribution in [0.3, 0.4) is 0 Å². The van der Waals surface area contributed by atoms with Crippen molar-refractivity contribution < 1.29 is 18.3 Å². The minimum atomic E-state index is -0.775. The van der Waals surface area contributed by atoms with Gasteiger partial charge < -0.3 is 15.4 Å². The van der Waals surface area contributed by atoms with Crippen LogP contribution in [0.1, 0.15) is 11.3 Å². The molecule has 0 spiro atoms. The van der Waals surface area contributed by atoms with Crippen LogP contribution in [0, 0.1) is 18.6 Å². The number of ether oxygens (including phenoxy) is 1. The number of benzene rings is 2. The highest BCUT2D eigenvalue weighted by Crippen LogP contribution is 2.25. The molecule has 2 amide bonds. The molecular weight excluding hydrogens is 418 g/mol. The van der Waals surface area contributed by atoms with E-state index < -0.39 is 17.7 Å². The molecule has 162 valence electrons. The number of carbonyl (C=O) groups excluding carboxylic acids is 1. The number of halogens is 2. The van der Waals surface area contributed by atoms with Crippen molar-refractivity contribution in [2.75, 3.05) is 10.6 Å². The van der Waals surface area contributed by atoms with Crippen LogP contribution in [0.4, 0.5) is 25.0 Å². The van der Waals surface area contributed by atoms with Crippen molar-refractivity contribution >= 4 is 23.1 Å². The summed E-state index contributed by atoms with van der Waals surface area (Å²) in [4.78, 5) is 29.0. The molecule has 2 heterocycles. The topological polar surface area (TPSA) is 84.7 Å². The lowest BCUT2D eigenvalue weighted by molar-refractivity contribution is 0.261. The van der Waals surface area contributed by atoms with E-state index in [-0.39, 0.29) is 17.9 Å². The molecule has 0 radical (unpaired) electrons. The molecule has 2 N–H and O–H groups in total. The second-order valence-corrected chi connectivity index (χ2v) is 7.01. The summed E-state index contributed by atoms with van der Waals surface area (Å²) < 4.78 is 34.3. The number of para-hydroxylation sites is 2. The number of amides is 2. The van der Waals surface area contributed by atoms with Gasteiger partial charge in [-0.2, -0.15) is 0 Å². The Morgan fingerprint density at radius 3 is 2.66 bits per heavy atom. The lowest BCUT2D eigenvalue weighted by Crippen LogP contribution is -2.21. The fraction of sp³-hybridized carbons (Fsp3) is 0.0870. The molecule has 0 saturated carbocycles. The maximum absolute atomic E-state index is 13.8. The molecular formula is C23H18F2N4O3. The molecule has 2 aromatic heterocycles. The first-order valence-corrected chi connectivity index (χ1v) is 9.63. The first-order valence-electron chi connectivity index (χ1n) is 9.63. The highest BCUT2D eigenvalue weighted by atomic mass is 19.1. The fourth-order valence-electron chi connectivity index (χ4n) is 3.04. The summed E-state index contributed by atoms with van der Waals surface area (Å²) >= 11 is 0. The zero-order chi connectivity index (χ0) is 22.7. The maximum Gasteiger partial charge on any atom is 0.323 e. The van der Waals surface area contributed by atoms with Gasteiger partial charge in [0.1, 0.15) is 29.6 Å². The Morgan fingerprint density at radius 2 is 1.81 bits per heavy atom. The van der Waals surface area contributed by atoms with Crippen molar-refractivity contribution in [3.8, 4) is 5.75 Å². The molecule has 4 aromatic rings. The van der Waals surface area contributed by atoms with Gasteiger partial charge in [0.2, 0.25) is 0 Å². The number of anilines is 2. The van der Waals surface area contributed by atoms with E-state index in [1.54, 1.807) is 36.5 Å². The molecule has 0 atom stereocenters. The molecule has 2 aromatic carbocycles. The molecule has 0 fully saturated rings. The Labute approximate surface area is 181 Å². The number of aromatic nitrogens is 2. The van der Waals surface area contributed by atoms with E-state index in [0.29, 0.717) is 22.8 Å². The van der Waals surface area contributed by atoms with Crippen molar-refractivity contribution in [1.29, 1.82) is 0 Å². The number of pyridine rings is 1. The van der Waals surface area contributed by atoms with Crippen LogP contribution < -0.4 is 20.9 Å². The quantitative estimate of drug-likeness (QED) is 0.482. The van der Waals surface area contributed by atoms with Crippen LogP contribution in [-0.4, -0.2) is 15.4 Å². The van der Waals surface area contributed by atoms with Crippen LogP contribution in [0.2, 0.25) is 0 Å². The van der Waals surface area contributed by atoms with E-state index in [2.05, 4.69) is 15.6 Å². The molecule has 0 bridgehead atoms. The zero-order valence-corrected chi connectivity index (χ0v) is 16.9. The number of aryl methyl sites for hydroxylation is 1. The third kappa shape index (κ3) is 4.72. The molecule has 32 heavy (non-hydrogen) atoms. The van der Waals surface area contributed by atoms with Crippen molar-refractivity contribution in [3.05, 3.63) is 100 Å². The van der Waals surface area contributed by atoms with Crippen LogP contribution in [-0.2, 0) is 6.61 Å². The van der Waals surface area contributed by atoms with Crippen molar-refractivity contribution in [1.82, 2.24) is 9.38 Å². The Balaban J connectivity index is 1.49. The van der Waals surface area contributed by atoms with Gasteiger partial charge in [-0.25, -0.2) is 18.6 Å². The second kappa shape index (κ2) is 8.84. The molecule has 7 nitrogen and oxygen atoms in total. The minimum absolute atomic E-state index is 0.0154. The summed E-state index contributed by atoms with van der Waals surface area (Å²) in [7, 11) is 0. The number of carbonyl (C=O) groups is 1. The molecule has 4 rings (SSSR count). The normalized spacial score (nSPS) is 10.7. The van der Waals surface area contributed by atoms with Crippen LogP contribution in [0.5, 0.6) is 5.75 Å². The van der Waals surface area contributed by atoms with Gasteiger partial charge in [-0.3, -0.25) is 9.20 Å². The maximum atomic E-state index is 13.8. The van der Waals surface area contributed by atoms with Gasteiger partial charge in [-0.05, 0) is 48.9 Å². The van der Waals surface area contributed by atoms with E-state index in [4.69, 9.17) is 4.74 Å². The van der Waals surface area contributed by atoms with E-state index >= 15 is 0 Å². The third-order valence-corrected chi connectivity index (χ3v) is 4.56. The first-order chi connectivity index (χ1) is 15.4. The smallest absolute Gasteiger partial charge is 0.323 e. The Kier molecular flexibility index (Phi) is 5.80. The monoisotopic (exact) mass is 436 g/mol. The molecule has 0 unspecified atom stereocenters. The molecule has 0 saturated heterocycles. The van der Waals surface area contributed by atoms with Crippen LogP contribution in [0.15, 0.2) is 71.7 Å². The number of fused-ring (bicyclic) bond motifs is 1. The van der Waals surface area contributed by atoms with Gasteiger partial charge in [-0.15, -0.1) is 0 Å². The Bertz CT molecular complexity index is 1370. The van der Waals surface area contributed by atoms with E-state index in [1.165, 1.54) is 10.5 Å². The highest BCUT2D eigenvalue weighted by Gasteiger charge is 2.12. The average molecular weight is 436 g/mol. The first kappa shape index (κ1) is 21.0. The standard InChI is InChI=1S/C23H18F2N4O3/c1-14-8-9-29-21(10-14)26-16(12-22(29)30)13-32-20-5-3-2-4-18(20)27-23(31)28-19-11-15(24)6-7-17(19)25/h2-12H,13H2,1H3,(H2,27,28,31). The number of nitrogens with zero attached hydrogens (tertiary/aromatic N) is 2. The second-order valence-electron chi connectivity index (χ2n) is 7.01. The lowest BCUT2D eigenvalue weighted by atomic mass is 10.3. The van der Waals surface area contributed by atoms with Crippen LogP contribution in [0.25, 0.3) is 5.65 Å². The lowest BCUT2D eigenvalue weighted by Gasteiger charge is -2.13. The minimum Gasteiger partial charge on any atom is -0.485 e. The Hall–Kier alpha value is -4.27. The highest BCUT2D eigenvalue weighted by molar-refractivity contribution is 6.00. The Morgan fingerprint density at radius 1 is 1.03 bits per heavy atom. The van der Waals surface area contributed by atoms with E-state index in [9.17, 15) is 18.4 Å². The summed E-state index contributed by atoms with van der Waals surface area (Å²) in [6, 6.07) is 13.5. The van der Waals surface area contributed by atoms with Gasteiger partial charge >= 0.3 is 6.03 Å². The fourth-order valence-corrected chi connectivity index (χ4v) is 3.04. The summed E-state index contributed by atoms with van der Waals surface area (Å²) in [6.45, 7) is 1.89. The molecule has 9 heteroatoms. The summed E-state index contributed by atoms with van der Waals surface area (Å²) in [5.74, 6) is -1.14. The van der Waals surface area contributed by atoms with Crippen molar-refractivity contribution in [2.24, 2.45) is 0 Å². The van der Waals surface area contributed by atoms with Crippen molar-refractivity contribution in [2.45, 2.75) is 13.5 Å². The van der Waals surface area contributed by atoms with Gasteiger partial charge in [-0.1, -0.05) is 12.1 Å². The number of hydrogen-bond donors (Lipinski definition) is 2. The summed E-state index contributed by atoms with van der Waals surface area (Å²) in [6.07, 6.45) is 1.66. The summed E-state index contributed by atoms with van der Waals surface area (Å²) in [5, 5.41) is 4.80. The predicted molar refractivity (Wildman–Crippen MR) is 116 cm³/mol. The van der Waals surface area contributed by atoms with E-state index in [1.807, 2.05) is 13.0 Å². The van der Waals surface area contributed by atoms with Gasteiger partial charge in [0.15, 0.2) is 0 Å². The largest absolute Gasteiger partial charge is 0.485 e. The van der Waals surface area contributed by atoms with Crippen molar-refractivity contribution in [3.63, 3.8) is 0 Å². The average Bonchev–Trinajstić information content (AvgIpc) is 2.75. The van der Waals surface area contributed by atoms with Gasteiger partial charge in [0, 0.05) is 18.3 Å². The third-order valence-electron chi connectivity index (χ3n) is 4.56. The SMILES string of the molecule is Cc1ccn2c(=O)cc(COc3ccccc3NC(=O)Nc3cc(F)ccc3F)nc2c1. The number of hydrogen-bond acceptors (Lipinski definition) is 4. The number of rotatable bonds is 5. The zero-order valence-electron chi connectivity index (χ0n) is 16.9. The van der Waals surface area contributed by atoms with Gasteiger partial charge in [0.25, 0.3) is 5.56 Å². The number of nitrogens with one attached hydrogen (secondary N) is 2. The predicted octanol–water partition coefficient (Wildman–Crippen LogP) is 4.50. The van der Waals surface area contributed by atoms with Crippen LogP contribution >= 0.6 is 0 Å². The molecule has 0 aliphatic carbocycles. The summed E-state index contributed by atoms with van der Waals surface area (Å²) in [5.41, 5.74) is 1.65. The number of urea groups is 1.